The minimum atomic E-state index is -0.837. The lowest BCUT2D eigenvalue weighted by atomic mass is 9.96. The number of hydrogen-bond donors (Lipinski definition) is 3. The van der Waals surface area contributed by atoms with Gasteiger partial charge in [0, 0.05) is 25.7 Å². The van der Waals surface area contributed by atoms with Crippen LogP contribution in [0, 0.1) is 17.8 Å². The number of carboxylic acids is 1. The first kappa shape index (κ1) is 18.5. The van der Waals surface area contributed by atoms with Crippen LogP contribution in [0.2, 0.25) is 0 Å². The lowest BCUT2D eigenvalue weighted by Gasteiger charge is -2.33. The highest BCUT2D eigenvalue weighted by molar-refractivity contribution is 5.82. The van der Waals surface area contributed by atoms with Crippen molar-refractivity contribution in [2.75, 3.05) is 19.6 Å². The summed E-state index contributed by atoms with van der Waals surface area (Å²) in [7, 11) is 0. The predicted molar refractivity (Wildman–Crippen MR) is 89.4 cm³/mol. The molecule has 3 atom stereocenters. The van der Waals surface area contributed by atoms with E-state index in [-0.39, 0.29) is 23.9 Å². The van der Waals surface area contributed by atoms with Crippen LogP contribution in [0.4, 0.5) is 4.79 Å². The van der Waals surface area contributed by atoms with Gasteiger partial charge in [0.05, 0.1) is 11.8 Å². The molecule has 0 aromatic heterocycles. The number of carbonyl (C=O) groups is 3. The molecule has 2 rings (SSSR count). The maximum Gasteiger partial charge on any atom is 0.317 e. The molecule has 2 aliphatic rings. The van der Waals surface area contributed by atoms with Crippen LogP contribution >= 0.6 is 0 Å². The number of aliphatic carboxylic acids is 1. The number of hydrogen-bond acceptors (Lipinski definition) is 3. The summed E-state index contributed by atoms with van der Waals surface area (Å²) < 4.78 is 0. The summed E-state index contributed by atoms with van der Waals surface area (Å²) in [6.07, 6.45) is 3.70. The highest BCUT2D eigenvalue weighted by Gasteiger charge is 2.36. The Morgan fingerprint density at radius 1 is 1.17 bits per heavy atom. The predicted octanol–water partition coefficient (Wildman–Crippen LogP) is 1.43. The van der Waals surface area contributed by atoms with E-state index in [4.69, 9.17) is 0 Å². The van der Waals surface area contributed by atoms with Crippen molar-refractivity contribution in [3.8, 4) is 0 Å². The molecule has 1 aliphatic carbocycles. The highest BCUT2D eigenvalue weighted by atomic mass is 16.4. The zero-order valence-electron chi connectivity index (χ0n) is 14.6. The maximum absolute atomic E-state index is 12.5. The number of carbonyl (C=O) groups excluding carboxylic acids is 2. The van der Waals surface area contributed by atoms with Crippen molar-refractivity contribution in [3.05, 3.63) is 0 Å². The Balaban J connectivity index is 1.86. The zero-order valence-corrected chi connectivity index (χ0v) is 14.6. The quantitative estimate of drug-likeness (QED) is 0.706. The van der Waals surface area contributed by atoms with Gasteiger partial charge >= 0.3 is 12.0 Å². The third-order valence-electron chi connectivity index (χ3n) is 4.90. The number of urea groups is 1. The van der Waals surface area contributed by atoms with Crippen LogP contribution in [0.15, 0.2) is 0 Å². The molecule has 3 amide bonds. The standard InChI is InChI=1S/C17H29N3O4/c1-11(2)9-18-17(24)20-8-4-5-12(10-20)15(21)19-14-7-3-6-13(14)16(22)23/h11-14H,3-10H2,1-2H3,(H,18,24)(H,19,21)(H,22,23)/t12?,13-,14+/m0/s1. The molecule has 24 heavy (non-hydrogen) atoms. The summed E-state index contributed by atoms with van der Waals surface area (Å²) in [4.78, 5) is 37.6. The first-order valence-corrected chi connectivity index (χ1v) is 8.94. The van der Waals surface area contributed by atoms with Crippen LogP contribution in [0.25, 0.3) is 0 Å². The Kier molecular flexibility index (Phi) is 6.45. The Morgan fingerprint density at radius 2 is 1.92 bits per heavy atom. The van der Waals surface area contributed by atoms with Gasteiger partial charge in [0.2, 0.25) is 5.91 Å². The molecular weight excluding hydrogens is 310 g/mol. The average Bonchev–Trinajstić information content (AvgIpc) is 3.01. The van der Waals surface area contributed by atoms with Gasteiger partial charge < -0.3 is 20.6 Å². The van der Waals surface area contributed by atoms with E-state index in [1.165, 1.54) is 0 Å². The molecule has 136 valence electrons. The van der Waals surface area contributed by atoms with Crippen molar-refractivity contribution in [3.63, 3.8) is 0 Å². The number of piperidine rings is 1. The maximum atomic E-state index is 12.5. The molecule has 7 nitrogen and oxygen atoms in total. The minimum Gasteiger partial charge on any atom is -0.481 e. The minimum absolute atomic E-state index is 0.116. The smallest absolute Gasteiger partial charge is 0.317 e. The van der Waals surface area contributed by atoms with Crippen molar-refractivity contribution < 1.29 is 19.5 Å². The molecule has 0 bridgehead atoms. The van der Waals surface area contributed by atoms with E-state index in [2.05, 4.69) is 10.6 Å². The second-order valence-corrected chi connectivity index (χ2v) is 7.36. The normalized spacial score (nSPS) is 27.1. The Hall–Kier alpha value is -1.79. The van der Waals surface area contributed by atoms with E-state index < -0.39 is 11.9 Å². The van der Waals surface area contributed by atoms with Gasteiger partial charge in [-0.1, -0.05) is 20.3 Å². The number of amides is 3. The number of nitrogens with one attached hydrogen (secondary N) is 2. The molecule has 1 saturated carbocycles. The lowest BCUT2D eigenvalue weighted by Crippen LogP contribution is -2.51. The SMILES string of the molecule is CC(C)CNC(=O)N1CCCC(C(=O)N[C@@H]2CCC[C@@H]2C(=O)O)C1. The van der Waals surface area contributed by atoms with Crippen molar-refractivity contribution >= 4 is 17.9 Å². The molecule has 0 aromatic rings. The van der Waals surface area contributed by atoms with Gasteiger partial charge in [-0.15, -0.1) is 0 Å². The Morgan fingerprint density at radius 3 is 2.58 bits per heavy atom. The van der Waals surface area contributed by atoms with E-state index in [1.54, 1.807) is 4.90 Å². The van der Waals surface area contributed by atoms with Crippen molar-refractivity contribution in [2.24, 2.45) is 17.8 Å². The van der Waals surface area contributed by atoms with Crippen LogP contribution < -0.4 is 10.6 Å². The monoisotopic (exact) mass is 339 g/mol. The van der Waals surface area contributed by atoms with Crippen LogP contribution in [-0.4, -0.2) is 53.6 Å². The van der Waals surface area contributed by atoms with E-state index in [0.717, 1.165) is 19.3 Å². The second-order valence-electron chi connectivity index (χ2n) is 7.36. The fraction of sp³-hybridized carbons (Fsp3) is 0.824. The fourth-order valence-electron chi connectivity index (χ4n) is 3.51. The molecule has 0 aromatic carbocycles. The van der Waals surface area contributed by atoms with Crippen molar-refractivity contribution in [2.45, 2.75) is 52.0 Å². The molecule has 2 fully saturated rings. The van der Waals surface area contributed by atoms with Gasteiger partial charge in [-0.25, -0.2) is 4.79 Å². The number of likely N-dealkylation sites (tertiary alicyclic amines) is 1. The third-order valence-corrected chi connectivity index (χ3v) is 4.90. The highest BCUT2D eigenvalue weighted by Crippen LogP contribution is 2.27. The summed E-state index contributed by atoms with van der Waals surface area (Å²) >= 11 is 0. The van der Waals surface area contributed by atoms with E-state index in [9.17, 15) is 19.5 Å². The molecule has 0 radical (unpaired) electrons. The molecule has 1 unspecified atom stereocenters. The first-order valence-electron chi connectivity index (χ1n) is 8.94. The van der Waals surface area contributed by atoms with Gasteiger partial charge in [0.1, 0.15) is 0 Å². The zero-order chi connectivity index (χ0) is 17.7. The lowest BCUT2D eigenvalue weighted by molar-refractivity contribution is -0.142. The number of carboxylic acid groups (broad SMARTS) is 1. The molecule has 0 spiro atoms. The van der Waals surface area contributed by atoms with Gasteiger partial charge in [-0.05, 0) is 31.6 Å². The summed E-state index contributed by atoms with van der Waals surface area (Å²) in [5.41, 5.74) is 0. The molecule has 3 N–H and O–H groups in total. The Labute approximate surface area is 143 Å². The van der Waals surface area contributed by atoms with Crippen molar-refractivity contribution in [1.29, 1.82) is 0 Å². The average molecular weight is 339 g/mol. The van der Waals surface area contributed by atoms with Crippen LogP contribution in [-0.2, 0) is 9.59 Å². The summed E-state index contributed by atoms with van der Waals surface area (Å²) in [5, 5.41) is 15.0. The van der Waals surface area contributed by atoms with E-state index in [0.29, 0.717) is 38.4 Å². The summed E-state index contributed by atoms with van der Waals surface area (Å²) in [5.74, 6) is -1.31. The molecule has 1 heterocycles. The van der Waals surface area contributed by atoms with Crippen LogP contribution in [0.3, 0.4) is 0 Å². The molecule has 1 aliphatic heterocycles. The van der Waals surface area contributed by atoms with Crippen LogP contribution in [0.5, 0.6) is 0 Å². The Bertz CT molecular complexity index is 480. The van der Waals surface area contributed by atoms with Crippen LogP contribution in [0.1, 0.15) is 46.0 Å². The third kappa shape index (κ3) is 4.85. The molecule has 1 saturated heterocycles. The second kappa shape index (κ2) is 8.35. The van der Waals surface area contributed by atoms with E-state index in [1.807, 2.05) is 13.8 Å². The van der Waals surface area contributed by atoms with Crippen molar-refractivity contribution in [1.82, 2.24) is 15.5 Å². The molecule has 7 heteroatoms. The first-order chi connectivity index (χ1) is 11.4. The molecular formula is C17H29N3O4. The van der Waals surface area contributed by atoms with Gasteiger partial charge in [-0.3, -0.25) is 9.59 Å². The topological polar surface area (TPSA) is 98.7 Å². The summed E-state index contributed by atoms with van der Waals surface area (Å²) in [6.45, 7) is 5.75. The van der Waals surface area contributed by atoms with Gasteiger partial charge in [-0.2, -0.15) is 0 Å². The van der Waals surface area contributed by atoms with Gasteiger partial charge in [0.25, 0.3) is 0 Å². The largest absolute Gasteiger partial charge is 0.481 e. The summed E-state index contributed by atoms with van der Waals surface area (Å²) in [6, 6.07) is -0.398. The number of nitrogens with zero attached hydrogens (tertiary/aromatic N) is 1. The van der Waals surface area contributed by atoms with E-state index >= 15 is 0 Å². The number of rotatable bonds is 5. The van der Waals surface area contributed by atoms with Gasteiger partial charge in [0.15, 0.2) is 0 Å². The fourth-order valence-corrected chi connectivity index (χ4v) is 3.51.